The fourth-order valence-electron chi connectivity index (χ4n) is 1.50. The molecule has 2 rings (SSSR count). The van der Waals surface area contributed by atoms with Crippen molar-refractivity contribution < 1.29 is 0 Å². The Labute approximate surface area is 88.0 Å². The molecule has 78 valence electrons. The van der Waals surface area contributed by atoms with Gasteiger partial charge in [-0.25, -0.2) is 9.97 Å². The second-order valence-electron chi connectivity index (χ2n) is 3.42. The first-order valence-corrected chi connectivity index (χ1v) is 4.75. The SMILES string of the molecule is Cc1nccn1[C@H](C)c1cnc(N)cn1. The largest absolute Gasteiger partial charge is 0.382 e. The van der Waals surface area contributed by atoms with Gasteiger partial charge in [0.1, 0.15) is 11.6 Å². The smallest absolute Gasteiger partial charge is 0.141 e. The third-order valence-corrected chi connectivity index (χ3v) is 2.40. The van der Waals surface area contributed by atoms with E-state index in [0.29, 0.717) is 5.82 Å². The van der Waals surface area contributed by atoms with Crippen LogP contribution >= 0.6 is 0 Å². The molecular formula is C10H13N5. The van der Waals surface area contributed by atoms with Gasteiger partial charge in [-0.15, -0.1) is 0 Å². The van der Waals surface area contributed by atoms with Gasteiger partial charge in [-0.2, -0.15) is 0 Å². The Morgan fingerprint density at radius 1 is 1.27 bits per heavy atom. The third kappa shape index (κ3) is 1.81. The van der Waals surface area contributed by atoms with Crippen molar-refractivity contribution in [2.24, 2.45) is 0 Å². The van der Waals surface area contributed by atoms with Gasteiger partial charge in [0.25, 0.3) is 0 Å². The van der Waals surface area contributed by atoms with E-state index >= 15 is 0 Å². The van der Waals surface area contributed by atoms with Crippen LogP contribution in [0.25, 0.3) is 0 Å². The molecule has 0 radical (unpaired) electrons. The van der Waals surface area contributed by atoms with E-state index in [1.165, 1.54) is 0 Å². The van der Waals surface area contributed by atoms with Crippen molar-refractivity contribution in [2.45, 2.75) is 19.9 Å². The minimum Gasteiger partial charge on any atom is -0.382 e. The number of nitrogen functional groups attached to an aromatic ring is 1. The maximum absolute atomic E-state index is 5.48. The average molecular weight is 203 g/mol. The van der Waals surface area contributed by atoms with Gasteiger partial charge in [0.15, 0.2) is 0 Å². The maximum Gasteiger partial charge on any atom is 0.141 e. The van der Waals surface area contributed by atoms with E-state index in [1.54, 1.807) is 18.6 Å². The lowest BCUT2D eigenvalue weighted by molar-refractivity contribution is 0.600. The Morgan fingerprint density at radius 3 is 2.60 bits per heavy atom. The van der Waals surface area contributed by atoms with Gasteiger partial charge in [0.2, 0.25) is 0 Å². The summed E-state index contributed by atoms with van der Waals surface area (Å²) in [6.45, 7) is 4.01. The first kappa shape index (κ1) is 9.64. The van der Waals surface area contributed by atoms with E-state index in [-0.39, 0.29) is 6.04 Å². The number of aryl methyl sites for hydroxylation is 1. The minimum atomic E-state index is 0.126. The molecule has 0 saturated carbocycles. The number of hydrogen-bond donors (Lipinski definition) is 1. The summed E-state index contributed by atoms with van der Waals surface area (Å²) in [4.78, 5) is 12.4. The second kappa shape index (κ2) is 3.68. The van der Waals surface area contributed by atoms with Crippen molar-refractivity contribution in [3.05, 3.63) is 36.3 Å². The number of nitrogens with zero attached hydrogens (tertiary/aromatic N) is 4. The summed E-state index contributed by atoms with van der Waals surface area (Å²) in [5.41, 5.74) is 6.36. The molecule has 2 aromatic rings. The molecule has 0 aliphatic heterocycles. The lowest BCUT2D eigenvalue weighted by atomic mass is 10.2. The number of hydrogen-bond acceptors (Lipinski definition) is 4. The number of rotatable bonds is 2. The molecule has 0 fully saturated rings. The van der Waals surface area contributed by atoms with Crippen molar-refractivity contribution in [3.8, 4) is 0 Å². The van der Waals surface area contributed by atoms with Gasteiger partial charge in [0.05, 0.1) is 24.1 Å². The quantitative estimate of drug-likeness (QED) is 0.795. The highest BCUT2D eigenvalue weighted by Gasteiger charge is 2.10. The zero-order valence-electron chi connectivity index (χ0n) is 8.75. The number of aromatic nitrogens is 4. The van der Waals surface area contributed by atoms with Crippen LogP contribution in [-0.2, 0) is 0 Å². The predicted octanol–water partition coefficient (Wildman–Crippen LogP) is 1.17. The second-order valence-corrected chi connectivity index (χ2v) is 3.42. The van der Waals surface area contributed by atoms with Crippen LogP contribution in [0, 0.1) is 6.92 Å². The molecule has 2 heterocycles. The number of anilines is 1. The van der Waals surface area contributed by atoms with Crippen LogP contribution < -0.4 is 5.73 Å². The molecule has 0 saturated heterocycles. The monoisotopic (exact) mass is 203 g/mol. The summed E-state index contributed by atoms with van der Waals surface area (Å²) in [5, 5.41) is 0. The number of imidazole rings is 1. The molecule has 1 atom stereocenters. The highest BCUT2D eigenvalue weighted by atomic mass is 15.1. The summed E-state index contributed by atoms with van der Waals surface area (Å²) in [6.07, 6.45) is 6.96. The van der Waals surface area contributed by atoms with Gasteiger partial charge in [-0.05, 0) is 13.8 Å². The minimum absolute atomic E-state index is 0.126. The molecule has 2 N–H and O–H groups in total. The van der Waals surface area contributed by atoms with Gasteiger partial charge < -0.3 is 10.3 Å². The van der Waals surface area contributed by atoms with E-state index in [4.69, 9.17) is 5.73 Å². The Hall–Kier alpha value is -1.91. The Balaban J connectivity index is 2.32. The Morgan fingerprint density at radius 2 is 2.07 bits per heavy atom. The van der Waals surface area contributed by atoms with Crippen molar-refractivity contribution >= 4 is 5.82 Å². The summed E-state index contributed by atoms with van der Waals surface area (Å²) in [5.74, 6) is 1.40. The fourth-order valence-corrected chi connectivity index (χ4v) is 1.50. The van der Waals surface area contributed by atoms with Gasteiger partial charge in [-0.3, -0.25) is 4.98 Å². The van der Waals surface area contributed by atoms with Gasteiger partial charge in [0, 0.05) is 12.4 Å². The first-order valence-electron chi connectivity index (χ1n) is 4.75. The molecule has 0 bridgehead atoms. The zero-order valence-corrected chi connectivity index (χ0v) is 8.75. The molecule has 0 aromatic carbocycles. The molecular weight excluding hydrogens is 190 g/mol. The van der Waals surface area contributed by atoms with E-state index in [2.05, 4.69) is 21.9 Å². The fraction of sp³-hybridized carbons (Fsp3) is 0.300. The Kier molecular flexibility index (Phi) is 2.37. The van der Waals surface area contributed by atoms with E-state index in [0.717, 1.165) is 11.5 Å². The van der Waals surface area contributed by atoms with Crippen molar-refractivity contribution in [1.29, 1.82) is 0 Å². The Bertz CT molecular complexity index is 445. The lowest BCUT2D eigenvalue weighted by Gasteiger charge is -2.13. The normalized spacial score (nSPS) is 12.7. The van der Waals surface area contributed by atoms with Crippen LogP contribution in [-0.4, -0.2) is 19.5 Å². The summed E-state index contributed by atoms with van der Waals surface area (Å²) in [6, 6.07) is 0.126. The molecule has 0 spiro atoms. The highest BCUT2D eigenvalue weighted by Crippen LogP contribution is 2.16. The average Bonchev–Trinajstić information content (AvgIpc) is 2.65. The topological polar surface area (TPSA) is 69.6 Å². The van der Waals surface area contributed by atoms with Crippen LogP contribution in [0.1, 0.15) is 24.5 Å². The number of nitrogens with two attached hydrogens (primary N) is 1. The molecule has 15 heavy (non-hydrogen) atoms. The summed E-state index contributed by atoms with van der Waals surface area (Å²) in [7, 11) is 0. The molecule has 0 aliphatic carbocycles. The molecule has 0 aliphatic rings. The van der Waals surface area contributed by atoms with Crippen LogP contribution in [0.4, 0.5) is 5.82 Å². The van der Waals surface area contributed by atoms with Crippen LogP contribution in [0.15, 0.2) is 24.8 Å². The van der Waals surface area contributed by atoms with Crippen molar-refractivity contribution in [3.63, 3.8) is 0 Å². The molecule has 5 nitrogen and oxygen atoms in total. The zero-order chi connectivity index (χ0) is 10.8. The van der Waals surface area contributed by atoms with E-state index in [1.807, 2.05) is 17.7 Å². The van der Waals surface area contributed by atoms with Crippen LogP contribution in [0.2, 0.25) is 0 Å². The molecule has 0 unspecified atom stereocenters. The van der Waals surface area contributed by atoms with Crippen molar-refractivity contribution in [1.82, 2.24) is 19.5 Å². The molecule has 0 amide bonds. The van der Waals surface area contributed by atoms with Crippen LogP contribution in [0.3, 0.4) is 0 Å². The van der Waals surface area contributed by atoms with Crippen molar-refractivity contribution in [2.75, 3.05) is 5.73 Å². The molecule has 2 aromatic heterocycles. The van der Waals surface area contributed by atoms with E-state index in [9.17, 15) is 0 Å². The maximum atomic E-state index is 5.48. The van der Waals surface area contributed by atoms with Gasteiger partial charge >= 0.3 is 0 Å². The molecule has 5 heteroatoms. The lowest BCUT2D eigenvalue weighted by Crippen LogP contribution is -2.10. The predicted molar refractivity (Wildman–Crippen MR) is 57.2 cm³/mol. The summed E-state index contributed by atoms with van der Waals surface area (Å²) >= 11 is 0. The van der Waals surface area contributed by atoms with Crippen LogP contribution in [0.5, 0.6) is 0 Å². The standard InChI is InChI=1S/C10H13N5/c1-7(15-4-3-12-8(15)2)9-5-14-10(11)6-13-9/h3-7H,1-2H3,(H2,11,14)/t7-/m1/s1. The first-order chi connectivity index (χ1) is 7.18. The highest BCUT2D eigenvalue weighted by molar-refractivity contribution is 5.23. The summed E-state index contributed by atoms with van der Waals surface area (Å²) < 4.78 is 2.04. The van der Waals surface area contributed by atoms with Gasteiger partial charge in [-0.1, -0.05) is 0 Å². The van der Waals surface area contributed by atoms with E-state index < -0.39 is 0 Å². The third-order valence-electron chi connectivity index (χ3n) is 2.40.